The van der Waals surface area contributed by atoms with E-state index in [1.54, 1.807) is 11.3 Å². The van der Waals surface area contributed by atoms with Gasteiger partial charge in [0.25, 0.3) is 0 Å². The van der Waals surface area contributed by atoms with Crippen molar-refractivity contribution in [2.24, 2.45) is 5.92 Å². The summed E-state index contributed by atoms with van der Waals surface area (Å²) >= 11 is 1.76. The molecule has 1 N–H and O–H groups in total. The average molecular weight is 237 g/mol. The zero-order valence-corrected chi connectivity index (χ0v) is 11.1. The first kappa shape index (κ1) is 11.6. The smallest absolute Gasteiger partial charge is 0.221 e. The molecule has 1 atom stereocenters. The molecule has 2 heterocycles. The molecule has 2 nitrogen and oxygen atoms in total. The molecule has 0 aromatic carbocycles. The minimum atomic E-state index is -0.164. The zero-order chi connectivity index (χ0) is 12.0. The van der Waals surface area contributed by atoms with E-state index in [9.17, 15) is 4.79 Å². The molecule has 1 aliphatic rings. The molecule has 0 saturated carbocycles. The number of carbonyl (C=O) groups excluding carboxylic acids is 1. The van der Waals surface area contributed by atoms with Gasteiger partial charge in [0.2, 0.25) is 5.91 Å². The van der Waals surface area contributed by atoms with Gasteiger partial charge in [-0.3, -0.25) is 4.79 Å². The van der Waals surface area contributed by atoms with Gasteiger partial charge in [-0.15, -0.1) is 11.3 Å². The molecule has 1 amide bonds. The maximum absolute atomic E-state index is 11.8. The van der Waals surface area contributed by atoms with Gasteiger partial charge in [0.05, 0.1) is 0 Å². The fraction of sp³-hybridized carbons (Fsp3) is 0.615. The molecule has 0 spiro atoms. The molecular weight excluding hydrogens is 218 g/mol. The van der Waals surface area contributed by atoms with Gasteiger partial charge in [-0.2, -0.15) is 0 Å². The summed E-state index contributed by atoms with van der Waals surface area (Å²) in [5.74, 6) is 0.618. The van der Waals surface area contributed by atoms with Crippen molar-refractivity contribution in [2.75, 3.05) is 0 Å². The lowest BCUT2D eigenvalue weighted by Gasteiger charge is -2.43. The summed E-state index contributed by atoms with van der Waals surface area (Å²) in [5, 5.41) is 5.22. The Morgan fingerprint density at radius 3 is 2.50 bits per heavy atom. The lowest BCUT2D eigenvalue weighted by Crippen LogP contribution is -2.52. The highest BCUT2D eigenvalue weighted by molar-refractivity contribution is 7.10. The molecule has 3 heteroatoms. The van der Waals surface area contributed by atoms with Gasteiger partial charge in [-0.25, -0.2) is 0 Å². The van der Waals surface area contributed by atoms with Crippen LogP contribution in [0.5, 0.6) is 0 Å². The monoisotopic (exact) mass is 237 g/mol. The Bertz CT molecular complexity index is 394. The number of nitrogens with one attached hydrogen (secondary N) is 1. The molecular formula is C13H19NOS. The summed E-state index contributed by atoms with van der Waals surface area (Å²) in [6, 6.07) is 4.23. The van der Waals surface area contributed by atoms with Crippen LogP contribution in [0.4, 0.5) is 0 Å². The number of carbonyl (C=O) groups is 1. The van der Waals surface area contributed by atoms with Gasteiger partial charge < -0.3 is 5.32 Å². The minimum Gasteiger partial charge on any atom is -0.350 e. The molecule has 1 fully saturated rings. The van der Waals surface area contributed by atoms with Crippen LogP contribution >= 0.6 is 11.3 Å². The lowest BCUT2D eigenvalue weighted by atomic mass is 9.64. The molecule has 0 bridgehead atoms. The van der Waals surface area contributed by atoms with Gasteiger partial charge in [-0.1, -0.05) is 19.9 Å². The average Bonchev–Trinajstić information content (AvgIpc) is 2.70. The number of thiophene rings is 1. The summed E-state index contributed by atoms with van der Waals surface area (Å²) in [5.41, 5.74) is -0.221. The number of hydrogen-bond acceptors (Lipinski definition) is 2. The minimum absolute atomic E-state index is 0.0573. The Morgan fingerprint density at radius 1 is 1.44 bits per heavy atom. The predicted molar refractivity (Wildman–Crippen MR) is 67.7 cm³/mol. The Morgan fingerprint density at radius 2 is 2.12 bits per heavy atom. The van der Waals surface area contributed by atoms with Crippen LogP contribution in [0.15, 0.2) is 17.5 Å². The van der Waals surface area contributed by atoms with Crippen LogP contribution in [-0.4, -0.2) is 11.4 Å². The first-order chi connectivity index (χ1) is 7.40. The van der Waals surface area contributed by atoms with Crippen LogP contribution in [-0.2, 0) is 10.2 Å². The molecule has 1 saturated heterocycles. The van der Waals surface area contributed by atoms with E-state index in [2.05, 4.69) is 50.5 Å². The van der Waals surface area contributed by atoms with Crippen molar-refractivity contribution in [3.05, 3.63) is 22.4 Å². The van der Waals surface area contributed by atoms with Crippen LogP contribution < -0.4 is 5.32 Å². The van der Waals surface area contributed by atoms with E-state index >= 15 is 0 Å². The molecule has 0 aliphatic carbocycles. The number of hydrogen-bond donors (Lipinski definition) is 1. The van der Waals surface area contributed by atoms with E-state index in [0.717, 1.165) is 0 Å². The summed E-state index contributed by atoms with van der Waals surface area (Å²) in [6.45, 7) is 8.69. The Kier molecular flexibility index (Phi) is 2.61. The maximum Gasteiger partial charge on any atom is 0.221 e. The third kappa shape index (κ3) is 1.41. The Hall–Kier alpha value is -0.830. The van der Waals surface area contributed by atoms with Crippen molar-refractivity contribution in [2.45, 2.75) is 45.1 Å². The quantitative estimate of drug-likeness (QED) is 0.842. The lowest BCUT2D eigenvalue weighted by molar-refractivity contribution is -0.119. The molecule has 1 aromatic rings. The van der Waals surface area contributed by atoms with Crippen molar-refractivity contribution >= 4 is 17.2 Å². The summed E-state index contributed by atoms with van der Waals surface area (Å²) < 4.78 is 0. The van der Waals surface area contributed by atoms with E-state index in [0.29, 0.717) is 12.3 Å². The van der Waals surface area contributed by atoms with E-state index in [4.69, 9.17) is 0 Å². The highest BCUT2D eigenvalue weighted by Crippen LogP contribution is 2.49. The van der Waals surface area contributed by atoms with Crippen LogP contribution in [0.1, 0.15) is 39.0 Å². The molecule has 1 aliphatic heterocycles. The van der Waals surface area contributed by atoms with Gasteiger partial charge in [-0.05, 0) is 31.2 Å². The topological polar surface area (TPSA) is 29.1 Å². The summed E-state index contributed by atoms with van der Waals surface area (Å²) in [6.07, 6.45) is 0.609. The Labute approximate surface area is 101 Å². The third-order valence-corrected chi connectivity index (χ3v) is 5.00. The largest absolute Gasteiger partial charge is 0.350 e. The molecule has 88 valence electrons. The van der Waals surface area contributed by atoms with E-state index < -0.39 is 0 Å². The van der Waals surface area contributed by atoms with E-state index in [1.807, 2.05) is 0 Å². The first-order valence-corrected chi connectivity index (χ1v) is 6.63. The van der Waals surface area contributed by atoms with E-state index in [-0.39, 0.29) is 16.9 Å². The highest BCUT2D eigenvalue weighted by Gasteiger charge is 2.55. The zero-order valence-electron chi connectivity index (χ0n) is 10.3. The molecule has 0 radical (unpaired) electrons. The van der Waals surface area contributed by atoms with Crippen molar-refractivity contribution in [1.82, 2.24) is 5.32 Å². The Balaban J connectivity index is 2.56. The van der Waals surface area contributed by atoms with Crippen molar-refractivity contribution in [3.63, 3.8) is 0 Å². The SMILES string of the molecule is CC(C)C1(c2cccs2)CC(=O)NC1(C)C. The first-order valence-electron chi connectivity index (χ1n) is 5.75. The third-order valence-electron chi connectivity index (χ3n) is 3.95. The predicted octanol–water partition coefficient (Wildman–Crippen LogP) is 2.94. The standard InChI is InChI=1S/C13H19NOS/c1-9(2)13(10-6-5-7-16-10)8-11(15)14-12(13,3)4/h5-7,9H,8H2,1-4H3,(H,14,15). The fourth-order valence-electron chi connectivity index (χ4n) is 3.12. The fourth-order valence-corrected chi connectivity index (χ4v) is 4.35. The van der Waals surface area contributed by atoms with Crippen molar-refractivity contribution < 1.29 is 4.79 Å². The normalized spacial score (nSPS) is 28.4. The number of rotatable bonds is 2. The van der Waals surface area contributed by atoms with Gasteiger partial charge in [0.15, 0.2) is 0 Å². The van der Waals surface area contributed by atoms with Crippen molar-refractivity contribution in [3.8, 4) is 0 Å². The van der Waals surface area contributed by atoms with Gasteiger partial charge in [0, 0.05) is 22.3 Å². The van der Waals surface area contributed by atoms with Crippen LogP contribution in [0.2, 0.25) is 0 Å². The second-order valence-corrected chi connectivity index (χ2v) is 6.40. The molecule has 2 rings (SSSR count). The number of amides is 1. The van der Waals surface area contributed by atoms with Crippen LogP contribution in [0.25, 0.3) is 0 Å². The van der Waals surface area contributed by atoms with Gasteiger partial charge in [0.1, 0.15) is 0 Å². The maximum atomic E-state index is 11.8. The van der Waals surface area contributed by atoms with Crippen LogP contribution in [0, 0.1) is 5.92 Å². The summed E-state index contributed by atoms with van der Waals surface area (Å²) in [4.78, 5) is 13.1. The molecule has 1 aromatic heterocycles. The van der Waals surface area contributed by atoms with Gasteiger partial charge >= 0.3 is 0 Å². The second-order valence-electron chi connectivity index (χ2n) is 5.45. The van der Waals surface area contributed by atoms with Crippen molar-refractivity contribution in [1.29, 1.82) is 0 Å². The van der Waals surface area contributed by atoms with E-state index in [1.165, 1.54) is 4.88 Å². The highest BCUT2D eigenvalue weighted by atomic mass is 32.1. The molecule has 1 unspecified atom stereocenters. The second kappa shape index (κ2) is 3.59. The summed E-state index contributed by atoms with van der Waals surface area (Å²) in [7, 11) is 0. The van der Waals surface area contributed by atoms with Crippen LogP contribution in [0.3, 0.4) is 0 Å². The molecule has 16 heavy (non-hydrogen) atoms.